The molecule has 0 fully saturated rings. The van der Waals surface area contributed by atoms with E-state index in [-0.39, 0.29) is 0 Å². The predicted octanol–water partition coefficient (Wildman–Crippen LogP) is 3.22. The van der Waals surface area contributed by atoms with Gasteiger partial charge in [-0.1, -0.05) is 0 Å². The Morgan fingerprint density at radius 2 is 2.07 bits per heavy atom. The highest BCUT2D eigenvalue weighted by atomic mass is 32.1. The standard InChI is InChI=1S/C10H8N2OS2/c1-5-3-14-8-6-9(15-7(5)8)10(13-2)12-4-11-6/h3-4H,1-2H3. The molecule has 0 bridgehead atoms. The minimum absolute atomic E-state index is 0.674. The van der Waals surface area contributed by atoms with E-state index < -0.39 is 0 Å². The zero-order chi connectivity index (χ0) is 10.4. The molecule has 0 amide bonds. The average Bonchev–Trinajstić information content (AvgIpc) is 2.79. The van der Waals surface area contributed by atoms with Gasteiger partial charge in [-0.2, -0.15) is 0 Å². The molecule has 0 aliphatic rings. The minimum Gasteiger partial charge on any atom is -0.480 e. The normalized spacial score (nSPS) is 11.3. The van der Waals surface area contributed by atoms with Crippen LogP contribution in [-0.4, -0.2) is 17.1 Å². The smallest absolute Gasteiger partial charge is 0.234 e. The molecule has 0 spiro atoms. The van der Waals surface area contributed by atoms with Crippen molar-refractivity contribution < 1.29 is 4.74 Å². The summed E-state index contributed by atoms with van der Waals surface area (Å²) in [5, 5.41) is 2.16. The van der Waals surface area contributed by atoms with Gasteiger partial charge in [-0.3, -0.25) is 0 Å². The van der Waals surface area contributed by atoms with Crippen molar-refractivity contribution in [2.45, 2.75) is 6.92 Å². The van der Waals surface area contributed by atoms with Crippen LogP contribution >= 0.6 is 22.7 Å². The Labute approximate surface area is 94.4 Å². The zero-order valence-corrected chi connectivity index (χ0v) is 9.91. The third kappa shape index (κ3) is 1.16. The molecular formula is C10H8N2OS2. The summed E-state index contributed by atoms with van der Waals surface area (Å²) in [6.07, 6.45) is 1.56. The first-order chi connectivity index (χ1) is 7.31. The lowest BCUT2D eigenvalue weighted by Crippen LogP contribution is -1.87. The van der Waals surface area contributed by atoms with Gasteiger partial charge in [-0.05, 0) is 17.9 Å². The summed E-state index contributed by atoms with van der Waals surface area (Å²) in [5.41, 5.74) is 2.32. The fourth-order valence-electron chi connectivity index (χ4n) is 1.58. The van der Waals surface area contributed by atoms with E-state index in [4.69, 9.17) is 4.74 Å². The summed E-state index contributed by atoms with van der Waals surface area (Å²) in [7, 11) is 1.64. The highest BCUT2D eigenvalue weighted by molar-refractivity contribution is 7.32. The van der Waals surface area contributed by atoms with Crippen LogP contribution in [0.3, 0.4) is 0 Å². The predicted molar refractivity (Wildman–Crippen MR) is 64.1 cm³/mol. The van der Waals surface area contributed by atoms with Crippen LogP contribution in [-0.2, 0) is 0 Å². The second-order valence-electron chi connectivity index (χ2n) is 3.24. The molecule has 0 saturated carbocycles. The second kappa shape index (κ2) is 3.15. The first-order valence-corrected chi connectivity index (χ1v) is 6.16. The number of fused-ring (bicyclic) bond motifs is 3. The van der Waals surface area contributed by atoms with Crippen molar-refractivity contribution in [3.8, 4) is 5.88 Å². The van der Waals surface area contributed by atoms with Crippen LogP contribution in [0, 0.1) is 6.92 Å². The fraction of sp³-hybridized carbons (Fsp3) is 0.200. The van der Waals surface area contributed by atoms with Crippen LogP contribution in [0.1, 0.15) is 5.56 Å². The SMILES string of the molecule is COc1ncnc2c1sc1c(C)csc12. The molecule has 3 aromatic rings. The van der Waals surface area contributed by atoms with Crippen molar-refractivity contribution in [1.82, 2.24) is 9.97 Å². The van der Waals surface area contributed by atoms with Gasteiger partial charge in [0.2, 0.25) is 5.88 Å². The van der Waals surface area contributed by atoms with Gasteiger partial charge in [-0.15, -0.1) is 22.7 Å². The summed E-state index contributed by atoms with van der Waals surface area (Å²) >= 11 is 3.44. The number of thiophene rings is 2. The second-order valence-corrected chi connectivity index (χ2v) is 5.14. The van der Waals surface area contributed by atoms with Gasteiger partial charge in [0.05, 0.1) is 16.5 Å². The Kier molecular flexibility index (Phi) is 1.90. The highest BCUT2D eigenvalue weighted by Crippen LogP contribution is 2.41. The molecule has 5 heteroatoms. The third-order valence-electron chi connectivity index (χ3n) is 2.30. The van der Waals surface area contributed by atoms with Crippen molar-refractivity contribution in [3.63, 3.8) is 0 Å². The molecule has 0 aromatic carbocycles. The summed E-state index contributed by atoms with van der Waals surface area (Å²) in [5.74, 6) is 0.674. The highest BCUT2D eigenvalue weighted by Gasteiger charge is 2.13. The Hall–Kier alpha value is -1.20. The molecule has 3 aromatic heterocycles. The molecule has 3 heterocycles. The number of hydrogen-bond donors (Lipinski definition) is 0. The molecule has 0 N–H and O–H groups in total. The van der Waals surface area contributed by atoms with E-state index in [2.05, 4.69) is 22.3 Å². The molecule has 3 nitrogen and oxygen atoms in total. The van der Waals surface area contributed by atoms with Crippen molar-refractivity contribution in [3.05, 3.63) is 17.3 Å². The zero-order valence-electron chi connectivity index (χ0n) is 8.27. The maximum Gasteiger partial charge on any atom is 0.234 e. The lowest BCUT2D eigenvalue weighted by molar-refractivity contribution is 0.403. The number of methoxy groups -OCH3 is 1. The van der Waals surface area contributed by atoms with Crippen LogP contribution in [0.15, 0.2) is 11.7 Å². The van der Waals surface area contributed by atoms with Gasteiger partial charge >= 0.3 is 0 Å². The molecule has 0 aliphatic heterocycles. The fourth-order valence-corrected chi connectivity index (χ4v) is 4.03. The van der Waals surface area contributed by atoms with E-state index in [1.807, 2.05) is 0 Å². The van der Waals surface area contributed by atoms with E-state index in [1.165, 1.54) is 15.0 Å². The van der Waals surface area contributed by atoms with Gasteiger partial charge < -0.3 is 4.74 Å². The number of aryl methyl sites for hydroxylation is 1. The molecule has 0 radical (unpaired) electrons. The Morgan fingerprint density at radius 3 is 2.87 bits per heavy atom. The topological polar surface area (TPSA) is 35.0 Å². The summed E-state index contributed by atoms with van der Waals surface area (Å²) in [6, 6.07) is 0. The summed E-state index contributed by atoms with van der Waals surface area (Å²) in [4.78, 5) is 8.43. The van der Waals surface area contributed by atoms with E-state index in [9.17, 15) is 0 Å². The van der Waals surface area contributed by atoms with Crippen LogP contribution < -0.4 is 4.74 Å². The van der Waals surface area contributed by atoms with Crippen LogP contribution in [0.5, 0.6) is 5.88 Å². The number of nitrogens with zero attached hydrogens (tertiary/aromatic N) is 2. The first kappa shape index (κ1) is 9.06. The molecule has 3 rings (SSSR count). The number of rotatable bonds is 1. The van der Waals surface area contributed by atoms with Gasteiger partial charge in [0.25, 0.3) is 0 Å². The molecule has 0 atom stereocenters. The van der Waals surface area contributed by atoms with E-state index in [0.717, 1.165) is 10.2 Å². The van der Waals surface area contributed by atoms with Crippen LogP contribution in [0.2, 0.25) is 0 Å². The van der Waals surface area contributed by atoms with Crippen molar-refractivity contribution in [2.75, 3.05) is 7.11 Å². The average molecular weight is 236 g/mol. The number of aromatic nitrogens is 2. The van der Waals surface area contributed by atoms with E-state index in [1.54, 1.807) is 36.1 Å². The maximum atomic E-state index is 5.23. The van der Waals surface area contributed by atoms with Gasteiger partial charge in [-0.25, -0.2) is 9.97 Å². The molecule has 0 saturated heterocycles. The summed E-state index contributed by atoms with van der Waals surface area (Å²) in [6.45, 7) is 2.12. The summed E-state index contributed by atoms with van der Waals surface area (Å²) < 4.78 is 8.82. The van der Waals surface area contributed by atoms with Gasteiger partial charge in [0.15, 0.2) is 0 Å². The quantitative estimate of drug-likeness (QED) is 0.650. The monoisotopic (exact) mass is 236 g/mol. The molecule has 0 unspecified atom stereocenters. The Bertz CT molecular complexity index is 641. The number of hydrogen-bond acceptors (Lipinski definition) is 5. The van der Waals surface area contributed by atoms with E-state index in [0.29, 0.717) is 5.88 Å². The minimum atomic E-state index is 0.674. The van der Waals surface area contributed by atoms with Crippen molar-refractivity contribution in [1.29, 1.82) is 0 Å². The third-order valence-corrected chi connectivity index (χ3v) is 4.84. The van der Waals surface area contributed by atoms with E-state index >= 15 is 0 Å². The maximum absolute atomic E-state index is 5.23. The molecule has 15 heavy (non-hydrogen) atoms. The van der Waals surface area contributed by atoms with Crippen molar-refractivity contribution >= 4 is 42.3 Å². The van der Waals surface area contributed by atoms with Gasteiger partial charge in [0, 0.05) is 0 Å². The molecular weight excluding hydrogens is 228 g/mol. The first-order valence-electron chi connectivity index (χ1n) is 4.46. The molecule has 0 aliphatic carbocycles. The molecule has 76 valence electrons. The lowest BCUT2D eigenvalue weighted by Gasteiger charge is -1.97. The van der Waals surface area contributed by atoms with Crippen LogP contribution in [0.25, 0.3) is 19.6 Å². The van der Waals surface area contributed by atoms with Gasteiger partial charge in [0.1, 0.15) is 16.5 Å². The Morgan fingerprint density at radius 1 is 1.20 bits per heavy atom. The largest absolute Gasteiger partial charge is 0.480 e. The Balaban J connectivity index is 2.53. The lowest BCUT2D eigenvalue weighted by atomic mass is 10.3. The van der Waals surface area contributed by atoms with Crippen molar-refractivity contribution in [2.24, 2.45) is 0 Å². The number of ether oxygens (including phenoxy) is 1. The van der Waals surface area contributed by atoms with Crippen LogP contribution in [0.4, 0.5) is 0 Å².